The topological polar surface area (TPSA) is 96.5 Å². The molecule has 1 saturated heterocycles. The summed E-state index contributed by atoms with van der Waals surface area (Å²) < 4.78 is 21.1. The minimum absolute atomic E-state index is 0.0418. The first-order valence-corrected chi connectivity index (χ1v) is 11.7. The van der Waals surface area contributed by atoms with Gasteiger partial charge in [-0.3, -0.25) is 4.98 Å². The van der Waals surface area contributed by atoms with Crippen molar-refractivity contribution >= 4 is 0 Å². The molecule has 2 N–H and O–H groups in total. The molecule has 34 heavy (non-hydrogen) atoms. The van der Waals surface area contributed by atoms with Gasteiger partial charge >= 0.3 is 0 Å². The molecule has 0 saturated carbocycles. The first-order valence-electron chi connectivity index (χ1n) is 11.7. The Morgan fingerprint density at radius 2 is 2.03 bits per heavy atom. The molecule has 0 unspecified atom stereocenters. The van der Waals surface area contributed by atoms with Crippen LogP contribution in [0.1, 0.15) is 37.1 Å². The molecule has 3 heterocycles. The number of ether oxygens (including phenoxy) is 1. The molecule has 0 bridgehead atoms. The highest BCUT2D eigenvalue weighted by molar-refractivity contribution is 5.63. The summed E-state index contributed by atoms with van der Waals surface area (Å²) in [6, 6.07) is 9.30. The molecule has 2 aromatic heterocycles. The van der Waals surface area contributed by atoms with E-state index in [1.165, 1.54) is 6.20 Å². The van der Waals surface area contributed by atoms with Crippen LogP contribution in [0.4, 0.5) is 4.39 Å². The summed E-state index contributed by atoms with van der Waals surface area (Å²) in [5.41, 5.74) is 3.16. The van der Waals surface area contributed by atoms with Crippen molar-refractivity contribution in [3.8, 4) is 11.1 Å². The summed E-state index contributed by atoms with van der Waals surface area (Å²) in [6.07, 6.45) is 6.79. The average Bonchev–Trinajstić information content (AvgIpc) is 3.30. The Morgan fingerprint density at radius 1 is 1.24 bits per heavy atom. The molecule has 3 aromatic rings. The number of hydrogen-bond donors (Lipinski definition) is 2. The minimum atomic E-state index is -0.708. The third-order valence-corrected chi connectivity index (χ3v) is 6.46. The fraction of sp³-hybridized carbons (Fsp3) is 0.480. The molecule has 4 atom stereocenters. The number of pyridine rings is 1. The van der Waals surface area contributed by atoms with E-state index in [2.05, 4.69) is 27.2 Å². The zero-order valence-electron chi connectivity index (χ0n) is 19.6. The maximum Gasteiger partial charge on any atom is 0.156 e. The molecule has 0 radical (unpaired) electrons. The van der Waals surface area contributed by atoms with Gasteiger partial charge in [0, 0.05) is 43.4 Å². The number of benzene rings is 1. The van der Waals surface area contributed by atoms with Crippen LogP contribution < -0.4 is 0 Å². The third-order valence-electron chi connectivity index (χ3n) is 6.46. The van der Waals surface area contributed by atoms with Gasteiger partial charge < -0.3 is 19.8 Å². The predicted octanol–water partition coefficient (Wildman–Crippen LogP) is 2.62. The zero-order chi connectivity index (χ0) is 24.1. The SMILES string of the molecule is C[C@@H]1C[C@H](N(C)CCc2cn([C@H](CO)Cc3ccc(-c4ccncc4F)cc3)nn2)C[C@H](O)O1. The van der Waals surface area contributed by atoms with Gasteiger partial charge in [-0.25, -0.2) is 9.07 Å². The second-order valence-corrected chi connectivity index (χ2v) is 9.04. The van der Waals surface area contributed by atoms with E-state index < -0.39 is 6.29 Å². The highest BCUT2D eigenvalue weighted by Crippen LogP contribution is 2.24. The molecule has 8 nitrogen and oxygen atoms in total. The molecular formula is C25H32FN5O3. The number of aromatic nitrogens is 4. The van der Waals surface area contributed by atoms with Crippen LogP contribution >= 0.6 is 0 Å². The number of aliphatic hydroxyl groups is 2. The Morgan fingerprint density at radius 3 is 2.74 bits per heavy atom. The van der Waals surface area contributed by atoms with Crippen molar-refractivity contribution in [2.45, 2.75) is 57.1 Å². The van der Waals surface area contributed by atoms with E-state index in [1.807, 2.05) is 37.4 Å². The Labute approximate surface area is 199 Å². The van der Waals surface area contributed by atoms with Gasteiger partial charge in [0.2, 0.25) is 0 Å². The van der Waals surface area contributed by atoms with Gasteiger partial charge in [-0.05, 0) is 44.0 Å². The van der Waals surface area contributed by atoms with Gasteiger partial charge in [0.05, 0.1) is 30.6 Å². The Hall–Kier alpha value is -2.72. The van der Waals surface area contributed by atoms with E-state index in [4.69, 9.17) is 4.74 Å². The van der Waals surface area contributed by atoms with Crippen LogP contribution in [0, 0.1) is 5.82 Å². The van der Waals surface area contributed by atoms with Crippen molar-refractivity contribution in [1.82, 2.24) is 24.9 Å². The number of hydrogen-bond acceptors (Lipinski definition) is 7. The van der Waals surface area contributed by atoms with Crippen molar-refractivity contribution in [1.29, 1.82) is 0 Å². The average molecular weight is 470 g/mol. The lowest BCUT2D eigenvalue weighted by Gasteiger charge is -2.36. The Kier molecular flexibility index (Phi) is 7.99. The van der Waals surface area contributed by atoms with Crippen molar-refractivity contribution in [2.24, 2.45) is 0 Å². The van der Waals surface area contributed by atoms with E-state index >= 15 is 0 Å². The van der Waals surface area contributed by atoms with Crippen LogP contribution in [-0.4, -0.2) is 73.7 Å². The molecule has 4 rings (SSSR count). The van der Waals surface area contributed by atoms with Gasteiger partial charge in [0.1, 0.15) is 5.82 Å². The van der Waals surface area contributed by atoms with Crippen LogP contribution in [-0.2, 0) is 17.6 Å². The molecule has 1 fully saturated rings. The van der Waals surface area contributed by atoms with Gasteiger partial charge in [0.25, 0.3) is 0 Å². The summed E-state index contributed by atoms with van der Waals surface area (Å²) in [5.74, 6) is -0.355. The molecule has 182 valence electrons. The molecule has 0 aliphatic carbocycles. The van der Waals surface area contributed by atoms with E-state index in [1.54, 1.807) is 16.9 Å². The smallest absolute Gasteiger partial charge is 0.156 e. The van der Waals surface area contributed by atoms with E-state index in [9.17, 15) is 14.6 Å². The molecule has 1 aliphatic rings. The molecular weight excluding hydrogens is 437 g/mol. The maximum absolute atomic E-state index is 14.0. The lowest BCUT2D eigenvalue weighted by atomic mass is 10.0. The first-order chi connectivity index (χ1) is 16.4. The normalized spacial score (nSPS) is 21.6. The fourth-order valence-electron chi connectivity index (χ4n) is 4.47. The molecule has 1 aliphatic heterocycles. The zero-order valence-corrected chi connectivity index (χ0v) is 19.6. The summed E-state index contributed by atoms with van der Waals surface area (Å²) in [7, 11) is 2.05. The van der Waals surface area contributed by atoms with Gasteiger partial charge in [-0.2, -0.15) is 0 Å². The van der Waals surface area contributed by atoms with Crippen LogP contribution in [0.2, 0.25) is 0 Å². The van der Waals surface area contributed by atoms with Crippen molar-refractivity contribution in [3.63, 3.8) is 0 Å². The first kappa shape index (κ1) is 24.4. The predicted molar refractivity (Wildman–Crippen MR) is 125 cm³/mol. The van der Waals surface area contributed by atoms with Crippen LogP contribution in [0.3, 0.4) is 0 Å². The lowest BCUT2D eigenvalue weighted by Crippen LogP contribution is -2.43. The van der Waals surface area contributed by atoms with Gasteiger partial charge in [-0.15, -0.1) is 5.10 Å². The van der Waals surface area contributed by atoms with Crippen molar-refractivity contribution in [3.05, 3.63) is 66.0 Å². The molecule has 0 spiro atoms. The maximum atomic E-state index is 14.0. The standard InChI is InChI=1S/C25H32FN5O3/c1-17-11-21(13-25(33)34-17)30(2)10-8-20-15-31(29-28-20)22(16-32)12-18-3-5-19(6-4-18)23-7-9-27-14-24(23)26/h3-7,9,14-15,17,21-22,25,32-33H,8,10-13,16H2,1-2H3/t17-,21+,22+,25-/m1/s1. The van der Waals surface area contributed by atoms with Crippen molar-refractivity contribution < 1.29 is 19.3 Å². The summed E-state index contributed by atoms with van der Waals surface area (Å²) in [6.45, 7) is 2.70. The third kappa shape index (κ3) is 6.04. The van der Waals surface area contributed by atoms with Crippen LogP contribution in [0.5, 0.6) is 0 Å². The number of aliphatic hydroxyl groups excluding tert-OH is 2. The van der Waals surface area contributed by atoms with Crippen LogP contribution in [0.15, 0.2) is 48.9 Å². The van der Waals surface area contributed by atoms with E-state index in [-0.39, 0.29) is 30.6 Å². The Bertz CT molecular complexity index is 1050. The number of halogens is 1. The van der Waals surface area contributed by atoms with Crippen LogP contribution in [0.25, 0.3) is 11.1 Å². The minimum Gasteiger partial charge on any atom is -0.394 e. The largest absolute Gasteiger partial charge is 0.394 e. The van der Waals surface area contributed by atoms with E-state index in [0.29, 0.717) is 18.4 Å². The Balaban J connectivity index is 1.34. The van der Waals surface area contributed by atoms with Crippen molar-refractivity contribution in [2.75, 3.05) is 20.2 Å². The second-order valence-electron chi connectivity index (χ2n) is 9.04. The fourth-order valence-corrected chi connectivity index (χ4v) is 4.47. The second kappa shape index (κ2) is 11.1. The summed E-state index contributed by atoms with van der Waals surface area (Å²) >= 11 is 0. The summed E-state index contributed by atoms with van der Waals surface area (Å²) in [4.78, 5) is 6.02. The highest BCUT2D eigenvalue weighted by Gasteiger charge is 2.28. The lowest BCUT2D eigenvalue weighted by molar-refractivity contribution is -0.173. The molecule has 0 amide bonds. The highest BCUT2D eigenvalue weighted by atomic mass is 19.1. The number of rotatable bonds is 9. The molecule has 1 aromatic carbocycles. The summed E-state index contributed by atoms with van der Waals surface area (Å²) in [5, 5.41) is 28.4. The monoisotopic (exact) mass is 469 g/mol. The van der Waals surface area contributed by atoms with Gasteiger partial charge in [-0.1, -0.05) is 29.5 Å². The van der Waals surface area contributed by atoms with E-state index in [0.717, 1.165) is 36.2 Å². The molecule has 9 heteroatoms. The van der Waals surface area contributed by atoms with Gasteiger partial charge in [0.15, 0.2) is 6.29 Å². The quantitative estimate of drug-likeness (QED) is 0.497. The number of likely N-dealkylation sites (N-methyl/N-ethyl adjacent to an activating group) is 1. The number of nitrogens with zero attached hydrogens (tertiary/aromatic N) is 5.